The standard InChI is InChI=1S/C11H18FNO2/c1-8(9-4-3-5-13-7-9)10(12)6-11(14)15-2/h9,13H,3-7H2,1-2H3/b10-8-. The van der Waals surface area contributed by atoms with E-state index in [0.717, 1.165) is 25.9 Å². The molecule has 1 rings (SSSR count). The molecule has 1 fully saturated rings. The van der Waals surface area contributed by atoms with Crippen molar-refractivity contribution in [1.82, 2.24) is 5.32 Å². The van der Waals surface area contributed by atoms with E-state index in [0.29, 0.717) is 5.57 Å². The molecule has 0 aliphatic carbocycles. The maximum Gasteiger partial charge on any atom is 0.312 e. The molecule has 86 valence electrons. The fourth-order valence-corrected chi connectivity index (χ4v) is 1.78. The van der Waals surface area contributed by atoms with Crippen molar-refractivity contribution in [3.63, 3.8) is 0 Å². The highest BCUT2D eigenvalue weighted by molar-refractivity contribution is 5.71. The van der Waals surface area contributed by atoms with Gasteiger partial charge in [0.05, 0.1) is 13.5 Å². The third-order valence-electron chi connectivity index (χ3n) is 2.86. The first-order valence-corrected chi connectivity index (χ1v) is 5.27. The average Bonchev–Trinajstić information content (AvgIpc) is 2.29. The summed E-state index contributed by atoms with van der Waals surface area (Å²) < 4.78 is 18.0. The normalized spacial score (nSPS) is 23.3. The van der Waals surface area contributed by atoms with Gasteiger partial charge in [0, 0.05) is 6.54 Å². The predicted octanol–water partition coefficient (Wildman–Crippen LogP) is 1.79. The van der Waals surface area contributed by atoms with Gasteiger partial charge in [0.25, 0.3) is 0 Å². The lowest BCUT2D eigenvalue weighted by molar-refractivity contribution is -0.140. The molecule has 15 heavy (non-hydrogen) atoms. The lowest BCUT2D eigenvalue weighted by Crippen LogP contribution is -2.30. The zero-order valence-electron chi connectivity index (χ0n) is 9.31. The van der Waals surface area contributed by atoms with Crippen LogP contribution in [0.1, 0.15) is 26.2 Å². The number of halogens is 1. The zero-order chi connectivity index (χ0) is 11.3. The maximum absolute atomic E-state index is 13.6. The van der Waals surface area contributed by atoms with E-state index in [-0.39, 0.29) is 18.2 Å². The van der Waals surface area contributed by atoms with E-state index in [4.69, 9.17) is 0 Å². The fourth-order valence-electron chi connectivity index (χ4n) is 1.78. The van der Waals surface area contributed by atoms with Crippen LogP contribution in [0.4, 0.5) is 4.39 Å². The minimum Gasteiger partial charge on any atom is -0.469 e. The van der Waals surface area contributed by atoms with Gasteiger partial charge in [0.1, 0.15) is 5.83 Å². The van der Waals surface area contributed by atoms with Crippen LogP contribution in [-0.4, -0.2) is 26.2 Å². The van der Waals surface area contributed by atoms with E-state index < -0.39 is 5.97 Å². The molecule has 1 saturated heterocycles. The molecule has 1 aliphatic heterocycles. The molecule has 0 spiro atoms. The highest BCUT2D eigenvalue weighted by Gasteiger charge is 2.19. The second-order valence-electron chi connectivity index (χ2n) is 3.88. The van der Waals surface area contributed by atoms with Crippen molar-refractivity contribution in [1.29, 1.82) is 0 Å². The monoisotopic (exact) mass is 215 g/mol. The van der Waals surface area contributed by atoms with Crippen molar-refractivity contribution >= 4 is 5.97 Å². The van der Waals surface area contributed by atoms with Gasteiger partial charge in [0.2, 0.25) is 0 Å². The van der Waals surface area contributed by atoms with Gasteiger partial charge in [-0.15, -0.1) is 0 Å². The summed E-state index contributed by atoms with van der Waals surface area (Å²) in [4.78, 5) is 10.9. The molecule has 1 heterocycles. The van der Waals surface area contributed by atoms with E-state index in [9.17, 15) is 9.18 Å². The smallest absolute Gasteiger partial charge is 0.312 e. The predicted molar refractivity (Wildman–Crippen MR) is 56.0 cm³/mol. The molecule has 0 aromatic heterocycles. The molecule has 3 nitrogen and oxygen atoms in total. The van der Waals surface area contributed by atoms with Crippen molar-refractivity contribution in [2.75, 3.05) is 20.2 Å². The summed E-state index contributed by atoms with van der Waals surface area (Å²) in [6, 6.07) is 0. The second-order valence-corrected chi connectivity index (χ2v) is 3.88. The van der Waals surface area contributed by atoms with Crippen molar-refractivity contribution in [3.05, 3.63) is 11.4 Å². The number of nitrogens with one attached hydrogen (secondary N) is 1. The molecule has 1 atom stereocenters. The first-order chi connectivity index (χ1) is 7.15. The molecule has 0 aromatic rings. The van der Waals surface area contributed by atoms with Crippen LogP contribution < -0.4 is 5.32 Å². The molecule has 0 amide bonds. The van der Waals surface area contributed by atoms with Gasteiger partial charge < -0.3 is 10.1 Å². The first kappa shape index (κ1) is 12.2. The number of carbonyl (C=O) groups excluding carboxylic acids is 1. The summed E-state index contributed by atoms with van der Waals surface area (Å²) in [5, 5.41) is 3.22. The Labute approximate surface area is 89.7 Å². The number of methoxy groups -OCH3 is 1. The average molecular weight is 215 g/mol. The quantitative estimate of drug-likeness (QED) is 0.729. The van der Waals surface area contributed by atoms with E-state index in [1.807, 2.05) is 0 Å². The Balaban J connectivity index is 2.57. The highest BCUT2D eigenvalue weighted by Crippen LogP contribution is 2.24. The summed E-state index contributed by atoms with van der Waals surface area (Å²) in [5.74, 6) is -0.630. The van der Waals surface area contributed by atoms with Gasteiger partial charge >= 0.3 is 5.97 Å². The topological polar surface area (TPSA) is 38.3 Å². The molecule has 4 heteroatoms. The Bertz CT molecular complexity index is 257. The molecule has 1 unspecified atom stereocenters. The molecule has 0 saturated carbocycles. The first-order valence-electron chi connectivity index (χ1n) is 5.27. The fraction of sp³-hybridized carbons (Fsp3) is 0.727. The van der Waals surface area contributed by atoms with Crippen molar-refractivity contribution in [2.24, 2.45) is 5.92 Å². The van der Waals surface area contributed by atoms with Gasteiger partial charge in [0.15, 0.2) is 0 Å². The number of carbonyl (C=O) groups is 1. The zero-order valence-corrected chi connectivity index (χ0v) is 9.31. The summed E-state index contributed by atoms with van der Waals surface area (Å²) in [5.41, 5.74) is 0.688. The number of hydrogen-bond acceptors (Lipinski definition) is 3. The van der Waals surface area contributed by atoms with E-state index in [1.54, 1.807) is 6.92 Å². The van der Waals surface area contributed by atoms with Crippen LogP contribution in [0.2, 0.25) is 0 Å². The Morgan fingerprint density at radius 3 is 2.87 bits per heavy atom. The van der Waals surface area contributed by atoms with Gasteiger partial charge in [-0.05, 0) is 37.8 Å². The van der Waals surface area contributed by atoms with Crippen molar-refractivity contribution in [3.8, 4) is 0 Å². The maximum atomic E-state index is 13.6. The number of rotatable bonds is 3. The van der Waals surface area contributed by atoms with Crippen LogP contribution in [0.5, 0.6) is 0 Å². The second kappa shape index (κ2) is 5.85. The molecule has 1 N–H and O–H groups in total. The summed E-state index contributed by atoms with van der Waals surface area (Å²) in [7, 11) is 1.27. The molecular formula is C11H18FNO2. The third-order valence-corrected chi connectivity index (χ3v) is 2.86. The number of piperidine rings is 1. The molecule has 0 bridgehead atoms. The number of esters is 1. The Hall–Kier alpha value is -0.900. The van der Waals surface area contributed by atoms with Gasteiger partial charge in [-0.3, -0.25) is 4.79 Å². The third kappa shape index (κ3) is 3.63. The van der Waals surface area contributed by atoms with E-state index in [2.05, 4.69) is 10.1 Å². The van der Waals surface area contributed by atoms with Crippen LogP contribution in [-0.2, 0) is 9.53 Å². The minimum atomic E-state index is -0.518. The summed E-state index contributed by atoms with van der Waals surface area (Å²) in [6.07, 6.45) is 1.82. The van der Waals surface area contributed by atoms with Crippen LogP contribution in [0.3, 0.4) is 0 Å². The summed E-state index contributed by atoms with van der Waals surface area (Å²) >= 11 is 0. The van der Waals surface area contributed by atoms with Crippen LogP contribution in [0.25, 0.3) is 0 Å². The van der Waals surface area contributed by atoms with Crippen molar-refractivity contribution < 1.29 is 13.9 Å². The van der Waals surface area contributed by atoms with Crippen molar-refractivity contribution in [2.45, 2.75) is 26.2 Å². The van der Waals surface area contributed by atoms with Gasteiger partial charge in [-0.1, -0.05) is 0 Å². The summed E-state index contributed by atoms with van der Waals surface area (Å²) in [6.45, 7) is 3.57. The lowest BCUT2D eigenvalue weighted by atomic mass is 9.91. The van der Waals surface area contributed by atoms with Gasteiger partial charge in [-0.25, -0.2) is 4.39 Å². The largest absolute Gasteiger partial charge is 0.469 e. The Morgan fingerprint density at radius 2 is 2.33 bits per heavy atom. The Kier molecular flexibility index (Phi) is 4.75. The van der Waals surface area contributed by atoms with E-state index >= 15 is 0 Å². The number of hydrogen-bond donors (Lipinski definition) is 1. The number of ether oxygens (including phenoxy) is 1. The molecular weight excluding hydrogens is 197 g/mol. The van der Waals surface area contributed by atoms with Gasteiger partial charge in [-0.2, -0.15) is 0 Å². The molecule has 1 aliphatic rings. The highest BCUT2D eigenvalue weighted by atomic mass is 19.1. The van der Waals surface area contributed by atoms with Crippen LogP contribution in [0, 0.1) is 5.92 Å². The SMILES string of the molecule is COC(=O)C/C(F)=C(\C)C1CCCNC1. The molecule has 0 aromatic carbocycles. The van der Waals surface area contributed by atoms with E-state index in [1.165, 1.54) is 7.11 Å². The lowest BCUT2D eigenvalue weighted by Gasteiger charge is -2.23. The van der Waals surface area contributed by atoms with Crippen LogP contribution in [0.15, 0.2) is 11.4 Å². The Morgan fingerprint density at radius 1 is 1.60 bits per heavy atom. The molecule has 0 radical (unpaired) electrons. The van der Waals surface area contributed by atoms with Crippen LogP contribution >= 0.6 is 0 Å². The minimum absolute atomic E-state index is 0.225.